The molecule has 0 aliphatic heterocycles. The van der Waals surface area contributed by atoms with E-state index in [1.807, 2.05) is 90.2 Å². The first kappa shape index (κ1) is 33.6. The molecule has 8 aromatic carbocycles. The van der Waals surface area contributed by atoms with Gasteiger partial charge in [0, 0.05) is 53.3 Å². The topological polar surface area (TPSA) is 67.4 Å². The van der Waals surface area contributed by atoms with Gasteiger partial charge in [-0.1, -0.05) is 140 Å². The average Bonchev–Trinajstić information content (AvgIpc) is 3.85. The van der Waals surface area contributed by atoms with E-state index in [1.165, 1.54) is 36.5 Å². The van der Waals surface area contributed by atoms with E-state index in [-0.39, 0.29) is 0 Å². The summed E-state index contributed by atoms with van der Waals surface area (Å²) in [6, 6.07) is 67.5. The number of nitrogens with zero attached hydrogens (tertiary/aromatic N) is 5. The van der Waals surface area contributed by atoms with Gasteiger partial charge in [0.2, 0.25) is 0 Å². The summed E-state index contributed by atoms with van der Waals surface area (Å²) >= 11 is 1.85. The molecule has 0 saturated carbocycles. The smallest absolute Gasteiger partial charge is 0.164 e. The lowest BCUT2D eigenvalue weighted by Gasteiger charge is -2.15. The third-order valence-corrected chi connectivity index (χ3v) is 12.1. The largest absolute Gasteiger partial charge is 0.309 e. The highest BCUT2D eigenvalue weighted by Crippen LogP contribution is 2.42. The summed E-state index contributed by atoms with van der Waals surface area (Å²) in [5.41, 5.74) is 10.6. The van der Waals surface area contributed by atoms with Gasteiger partial charge in [0.1, 0.15) is 0 Å². The molecule has 3 heterocycles. The van der Waals surface area contributed by atoms with Gasteiger partial charge >= 0.3 is 0 Å². The molecule has 0 spiro atoms. The van der Waals surface area contributed by atoms with Gasteiger partial charge < -0.3 is 4.57 Å². The number of fused-ring (bicyclic) bond motifs is 6. The predicted molar refractivity (Wildman–Crippen MR) is 239 cm³/mol. The molecule has 6 heteroatoms. The van der Waals surface area contributed by atoms with Crippen LogP contribution in [0.1, 0.15) is 5.56 Å². The quantitative estimate of drug-likeness (QED) is 0.169. The molecule has 270 valence electrons. The van der Waals surface area contributed by atoms with Crippen LogP contribution in [0.5, 0.6) is 0 Å². The van der Waals surface area contributed by atoms with Crippen molar-refractivity contribution in [2.24, 2.45) is 0 Å². The fourth-order valence-corrected chi connectivity index (χ4v) is 9.37. The van der Waals surface area contributed by atoms with Crippen LogP contribution in [-0.2, 0) is 0 Å². The molecule has 58 heavy (non-hydrogen) atoms. The molecule has 0 N–H and O–H groups in total. The molecule has 0 saturated heterocycles. The van der Waals surface area contributed by atoms with Crippen molar-refractivity contribution in [3.05, 3.63) is 194 Å². The lowest BCUT2D eigenvalue weighted by Crippen LogP contribution is -2.02. The third-order valence-electron chi connectivity index (χ3n) is 10.8. The number of nitriles is 1. The molecule has 0 radical (unpaired) electrons. The number of benzene rings is 8. The standard InChI is InChI=1S/C52H31N5S/c53-32-33-13-11-18-36(27-33)38-28-39(52-55-50(34-14-3-1-4-15-34)54-51(56-52)35-16-5-2-6-17-35)30-40(29-38)57-46-23-9-7-19-42(46)43-26-25-37(31-47(43)57)41-21-12-22-45-44-20-8-10-24-48(44)58-49(41)45/h1-31H. The van der Waals surface area contributed by atoms with E-state index in [4.69, 9.17) is 15.0 Å². The summed E-state index contributed by atoms with van der Waals surface area (Å²) in [5.74, 6) is 1.75. The molecule has 11 aromatic rings. The fourth-order valence-electron chi connectivity index (χ4n) is 8.13. The van der Waals surface area contributed by atoms with E-state index < -0.39 is 0 Å². The number of hydrogen-bond acceptors (Lipinski definition) is 5. The summed E-state index contributed by atoms with van der Waals surface area (Å²) in [4.78, 5) is 15.2. The van der Waals surface area contributed by atoms with Gasteiger partial charge in [-0.25, -0.2) is 15.0 Å². The summed E-state index contributed by atoms with van der Waals surface area (Å²) in [6.45, 7) is 0. The SMILES string of the molecule is N#Cc1cccc(-c2cc(-c3nc(-c4ccccc4)nc(-c4ccccc4)n3)cc(-n3c4ccccc4c4ccc(-c5cccc6c5sc5ccccc56)cc43)c2)c1. The van der Waals surface area contributed by atoms with Gasteiger partial charge in [0.25, 0.3) is 0 Å². The molecule has 5 nitrogen and oxygen atoms in total. The highest BCUT2D eigenvalue weighted by molar-refractivity contribution is 7.26. The zero-order valence-electron chi connectivity index (χ0n) is 31.0. The maximum atomic E-state index is 9.91. The Hall–Kier alpha value is -7.72. The molecule has 3 aromatic heterocycles. The van der Waals surface area contributed by atoms with Crippen molar-refractivity contribution in [1.29, 1.82) is 5.26 Å². The van der Waals surface area contributed by atoms with E-state index in [9.17, 15) is 5.26 Å². The molecule has 0 aliphatic rings. The van der Waals surface area contributed by atoms with Crippen LogP contribution in [0.15, 0.2) is 188 Å². The van der Waals surface area contributed by atoms with E-state index in [2.05, 4.69) is 120 Å². The van der Waals surface area contributed by atoms with E-state index in [0.717, 1.165) is 50.1 Å². The van der Waals surface area contributed by atoms with Crippen LogP contribution in [0.3, 0.4) is 0 Å². The van der Waals surface area contributed by atoms with Crippen LogP contribution in [0.2, 0.25) is 0 Å². The lowest BCUT2D eigenvalue weighted by molar-refractivity contribution is 1.07. The molecule has 11 rings (SSSR count). The van der Waals surface area contributed by atoms with Gasteiger partial charge in [-0.3, -0.25) is 0 Å². The van der Waals surface area contributed by atoms with Crippen LogP contribution in [0, 0.1) is 11.3 Å². The summed E-state index contributed by atoms with van der Waals surface area (Å²) < 4.78 is 4.93. The molecule has 0 bridgehead atoms. The van der Waals surface area contributed by atoms with Crippen LogP contribution in [-0.4, -0.2) is 19.5 Å². The Morgan fingerprint density at radius 1 is 0.414 bits per heavy atom. The van der Waals surface area contributed by atoms with Crippen molar-refractivity contribution in [3.8, 4) is 68.2 Å². The molecule has 0 amide bonds. The van der Waals surface area contributed by atoms with Crippen molar-refractivity contribution in [2.75, 3.05) is 0 Å². The Morgan fingerprint density at radius 3 is 1.78 bits per heavy atom. The minimum Gasteiger partial charge on any atom is -0.309 e. The minimum absolute atomic E-state index is 0.560. The normalized spacial score (nSPS) is 11.4. The first-order chi connectivity index (χ1) is 28.7. The van der Waals surface area contributed by atoms with Gasteiger partial charge in [-0.15, -0.1) is 11.3 Å². The van der Waals surface area contributed by atoms with E-state index >= 15 is 0 Å². The zero-order valence-corrected chi connectivity index (χ0v) is 31.9. The maximum Gasteiger partial charge on any atom is 0.164 e. The van der Waals surface area contributed by atoms with Gasteiger partial charge in [-0.2, -0.15) is 5.26 Å². The van der Waals surface area contributed by atoms with Gasteiger partial charge in [0.05, 0.1) is 22.7 Å². The maximum absolute atomic E-state index is 9.91. The second kappa shape index (κ2) is 13.8. The van der Waals surface area contributed by atoms with Crippen LogP contribution >= 0.6 is 11.3 Å². The number of thiophene rings is 1. The van der Waals surface area contributed by atoms with Crippen molar-refractivity contribution in [3.63, 3.8) is 0 Å². The Bertz CT molecular complexity index is 3360. The molecule has 0 atom stereocenters. The summed E-state index contributed by atoms with van der Waals surface area (Å²) in [5, 5.41) is 14.8. The van der Waals surface area contributed by atoms with E-state index in [1.54, 1.807) is 0 Å². The molecular formula is C52H31N5S. The van der Waals surface area contributed by atoms with Crippen LogP contribution in [0.4, 0.5) is 0 Å². The number of rotatable bonds is 6. The minimum atomic E-state index is 0.560. The first-order valence-corrected chi connectivity index (χ1v) is 20.0. The fraction of sp³-hybridized carbons (Fsp3) is 0. The Labute approximate surface area is 338 Å². The molecular weight excluding hydrogens is 727 g/mol. The predicted octanol–water partition coefficient (Wildman–Crippen LogP) is 13.5. The monoisotopic (exact) mass is 757 g/mol. The number of para-hydroxylation sites is 1. The van der Waals surface area contributed by atoms with Crippen molar-refractivity contribution >= 4 is 53.3 Å². The summed E-state index contributed by atoms with van der Waals surface area (Å²) in [6.07, 6.45) is 0. The molecule has 0 fully saturated rings. The molecule has 0 unspecified atom stereocenters. The Morgan fingerprint density at radius 2 is 1.02 bits per heavy atom. The van der Waals surface area contributed by atoms with Gasteiger partial charge in [0.15, 0.2) is 17.5 Å². The van der Waals surface area contributed by atoms with Crippen LogP contribution in [0.25, 0.3) is 104 Å². The van der Waals surface area contributed by atoms with Crippen molar-refractivity contribution in [2.45, 2.75) is 0 Å². The van der Waals surface area contributed by atoms with Crippen molar-refractivity contribution in [1.82, 2.24) is 19.5 Å². The third kappa shape index (κ3) is 5.73. The second-order valence-electron chi connectivity index (χ2n) is 14.4. The summed E-state index contributed by atoms with van der Waals surface area (Å²) in [7, 11) is 0. The second-order valence-corrected chi connectivity index (χ2v) is 15.4. The van der Waals surface area contributed by atoms with Crippen molar-refractivity contribution < 1.29 is 0 Å². The number of hydrogen-bond donors (Lipinski definition) is 0. The Balaban J connectivity index is 1.18. The number of aromatic nitrogens is 4. The molecule has 0 aliphatic carbocycles. The van der Waals surface area contributed by atoms with Crippen LogP contribution < -0.4 is 0 Å². The Kier molecular flexibility index (Phi) is 7.99. The lowest BCUT2D eigenvalue weighted by atomic mass is 9.99. The zero-order chi connectivity index (χ0) is 38.6. The average molecular weight is 758 g/mol. The van der Waals surface area contributed by atoms with E-state index in [0.29, 0.717) is 23.0 Å². The first-order valence-electron chi connectivity index (χ1n) is 19.2. The highest BCUT2D eigenvalue weighted by Gasteiger charge is 2.19. The van der Waals surface area contributed by atoms with Gasteiger partial charge in [-0.05, 0) is 70.8 Å². The highest BCUT2D eigenvalue weighted by atomic mass is 32.1.